The minimum absolute atomic E-state index is 0.117. The fraction of sp³-hybridized carbons (Fsp3) is 0.846. The third kappa shape index (κ3) is 4.26. The Morgan fingerprint density at radius 1 is 1.07 bits per heavy atom. The van der Waals surface area contributed by atoms with Gasteiger partial charge in [0.1, 0.15) is 0 Å². The molecule has 0 atom stereocenters. The first-order valence-corrected chi connectivity index (χ1v) is 6.04. The molecule has 0 aromatic carbocycles. The molecule has 0 aromatic rings. The lowest BCUT2D eigenvalue weighted by Crippen LogP contribution is -2.14. The van der Waals surface area contributed by atoms with Crippen molar-refractivity contribution < 1.29 is 4.39 Å². The Labute approximate surface area is 87.6 Å². The molecular formula is C13H23F. The van der Waals surface area contributed by atoms with Gasteiger partial charge in [0.2, 0.25) is 0 Å². The van der Waals surface area contributed by atoms with E-state index in [9.17, 15) is 4.39 Å². The van der Waals surface area contributed by atoms with Gasteiger partial charge < -0.3 is 0 Å². The van der Waals surface area contributed by atoms with E-state index in [1.807, 2.05) is 0 Å². The molecule has 0 saturated heterocycles. The highest BCUT2D eigenvalue weighted by molar-refractivity contribution is 4.80. The fourth-order valence-electron chi connectivity index (χ4n) is 2.46. The predicted octanol–water partition coefficient (Wildman–Crippen LogP) is 4.51. The van der Waals surface area contributed by atoms with Gasteiger partial charge in [-0.2, -0.15) is 0 Å². The molecule has 82 valence electrons. The summed E-state index contributed by atoms with van der Waals surface area (Å²) in [4.78, 5) is 0. The Morgan fingerprint density at radius 3 is 2.14 bits per heavy atom. The Kier molecular flexibility index (Phi) is 5.89. The van der Waals surface area contributed by atoms with Gasteiger partial charge in [0, 0.05) is 0 Å². The van der Waals surface area contributed by atoms with E-state index in [2.05, 4.69) is 19.1 Å². The number of allylic oxidation sites excluding steroid dienone is 2. The van der Waals surface area contributed by atoms with Gasteiger partial charge in [-0.3, -0.25) is 4.39 Å². The first-order valence-electron chi connectivity index (χ1n) is 6.04. The van der Waals surface area contributed by atoms with Crippen LogP contribution in [-0.2, 0) is 0 Å². The van der Waals surface area contributed by atoms with E-state index < -0.39 is 0 Å². The monoisotopic (exact) mass is 198 g/mol. The van der Waals surface area contributed by atoms with Crippen molar-refractivity contribution in [1.82, 2.24) is 0 Å². The molecule has 0 spiro atoms. The van der Waals surface area contributed by atoms with Gasteiger partial charge >= 0.3 is 0 Å². The van der Waals surface area contributed by atoms with E-state index in [1.54, 1.807) is 0 Å². The first-order chi connectivity index (χ1) is 6.86. The molecule has 0 radical (unpaired) electrons. The van der Waals surface area contributed by atoms with Crippen LogP contribution < -0.4 is 0 Å². The highest BCUT2D eigenvalue weighted by Gasteiger charge is 2.19. The van der Waals surface area contributed by atoms with Gasteiger partial charge in [-0.25, -0.2) is 0 Å². The molecule has 1 rings (SSSR count). The summed E-state index contributed by atoms with van der Waals surface area (Å²) in [5.41, 5.74) is 0. The zero-order chi connectivity index (χ0) is 10.2. The number of hydrogen-bond acceptors (Lipinski definition) is 0. The molecule has 1 aliphatic carbocycles. The lowest BCUT2D eigenvalue weighted by atomic mass is 9.79. The van der Waals surface area contributed by atoms with Crippen LogP contribution in [0.1, 0.15) is 51.9 Å². The second-order valence-corrected chi connectivity index (χ2v) is 4.51. The summed E-state index contributed by atoms with van der Waals surface area (Å²) >= 11 is 0. The van der Waals surface area contributed by atoms with Crippen molar-refractivity contribution in [3.63, 3.8) is 0 Å². The second kappa shape index (κ2) is 7.03. The lowest BCUT2D eigenvalue weighted by molar-refractivity contribution is 0.239. The van der Waals surface area contributed by atoms with Crippen LogP contribution >= 0.6 is 0 Å². The standard InChI is InChI=1S/C13H23F/c1-2-3-4-5-12-6-8-13(9-7-12)10-11-14/h2-3,12-13H,4-11H2,1H3/b3-2+. The lowest BCUT2D eigenvalue weighted by Gasteiger charge is -2.27. The molecule has 0 bridgehead atoms. The third-order valence-electron chi connectivity index (χ3n) is 3.46. The quantitative estimate of drug-likeness (QED) is 0.570. The summed E-state index contributed by atoms with van der Waals surface area (Å²) < 4.78 is 12.1. The molecule has 1 fully saturated rings. The number of rotatable bonds is 5. The van der Waals surface area contributed by atoms with Crippen LogP contribution in [0, 0.1) is 11.8 Å². The highest BCUT2D eigenvalue weighted by atomic mass is 19.1. The van der Waals surface area contributed by atoms with Crippen molar-refractivity contribution in [2.75, 3.05) is 6.67 Å². The van der Waals surface area contributed by atoms with Crippen LogP contribution in [-0.4, -0.2) is 6.67 Å². The number of hydrogen-bond donors (Lipinski definition) is 0. The highest BCUT2D eigenvalue weighted by Crippen LogP contribution is 2.33. The van der Waals surface area contributed by atoms with Gasteiger partial charge in [0.25, 0.3) is 0 Å². The Bertz CT molecular complexity index is 155. The Morgan fingerprint density at radius 2 is 1.64 bits per heavy atom. The van der Waals surface area contributed by atoms with E-state index in [1.165, 1.54) is 38.5 Å². The third-order valence-corrected chi connectivity index (χ3v) is 3.46. The molecular weight excluding hydrogens is 175 g/mol. The zero-order valence-electron chi connectivity index (χ0n) is 9.34. The van der Waals surface area contributed by atoms with E-state index in [-0.39, 0.29) is 6.67 Å². The van der Waals surface area contributed by atoms with Crippen LogP contribution in [0.3, 0.4) is 0 Å². The summed E-state index contributed by atoms with van der Waals surface area (Å²) in [5.74, 6) is 1.61. The molecule has 0 nitrogen and oxygen atoms in total. The van der Waals surface area contributed by atoms with Crippen LogP contribution in [0.25, 0.3) is 0 Å². The van der Waals surface area contributed by atoms with E-state index in [4.69, 9.17) is 0 Å². The molecule has 0 unspecified atom stereocenters. The molecule has 1 saturated carbocycles. The Balaban J connectivity index is 2.09. The molecule has 0 aromatic heterocycles. The molecule has 14 heavy (non-hydrogen) atoms. The van der Waals surface area contributed by atoms with E-state index in [0.29, 0.717) is 5.92 Å². The number of alkyl halides is 1. The molecule has 1 heteroatoms. The SMILES string of the molecule is C/C=C/CCC1CCC(CCF)CC1. The molecule has 1 aliphatic rings. The van der Waals surface area contributed by atoms with E-state index in [0.717, 1.165) is 12.3 Å². The van der Waals surface area contributed by atoms with Crippen molar-refractivity contribution in [2.45, 2.75) is 51.9 Å². The van der Waals surface area contributed by atoms with Crippen molar-refractivity contribution in [2.24, 2.45) is 11.8 Å². The van der Waals surface area contributed by atoms with Crippen molar-refractivity contribution in [3.05, 3.63) is 12.2 Å². The maximum absolute atomic E-state index is 12.1. The van der Waals surface area contributed by atoms with E-state index >= 15 is 0 Å². The van der Waals surface area contributed by atoms with Gasteiger partial charge in [-0.15, -0.1) is 0 Å². The maximum Gasteiger partial charge on any atom is 0.0897 e. The average molecular weight is 198 g/mol. The van der Waals surface area contributed by atoms with Crippen LogP contribution in [0.15, 0.2) is 12.2 Å². The van der Waals surface area contributed by atoms with Crippen LogP contribution in [0.2, 0.25) is 0 Å². The van der Waals surface area contributed by atoms with Crippen molar-refractivity contribution in [1.29, 1.82) is 0 Å². The fourth-order valence-corrected chi connectivity index (χ4v) is 2.46. The normalized spacial score (nSPS) is 28.4. The van der Waals surface area contributed by atoms with Gasteiger partial charge in [-0.05, 0) is 38.0 Å². The van der Waals surface area contributed by atoms with Crippen LogP contribution in [0.5, 0.6) is 0 Å². The molecule has 0 aliphatic heterocycles. The Hall–Kier alpha value is -0.330. The second-order valence-electron chi connectivity index (χ2n) is 4.51. The van der Waals surface area contributed by atoms with Gasteiger partial charge in [-0.1, -0.05) is 37.8 Å². The zero-order valence-corrected chi connectivity index (χ0v) is 9.34. The van der Waals surface area contributed by atoms with Gasteiger partial charge in [0.15, 0.2) is 0 Å². The average Bonchev–Trinajstić information content (AvgIpc) is 2.21. The summed E-state index contributed by atoms with van der Waals surface area (Å²) in [6, 6.07) is 0. The first kappa shape index (κ1) is 11.7. The molecule has 0 heterocycles. The smallest absolute Gasteiger partial charge is 0.0897 e. The summed E-state index contributed by atoms with van der Waals surface area (Å²) in [6.07, 6.45) is 13.0. The van der Waals surface area contributed by atoms with Crippen molar-refractivity contribution in [3.8, 4) is 0 Å². The summed E-state index contributed by atoms with van der Waals surface area (Å²) in [6.45, 7) is 1.96. The van der Waals surface area contributed by atoms with Crippen molar-refractivity contribution >= 4 is 0 Å². The minimum atomic E-state index is -0.117. The largest absolute Gasteiger partial charge is 0.251 e. The maximum atomic E-state index is 12.1. The number of halogens is 1. The predicted molar refractivity (Wildman–Crippen MR) is 60.1 cm³/mol. The summed E-state index contributed by atoms with van der Waals surface area (Å²) in [5, 5.41) is 0. The summed E-state index contributed by atoms with van der Waals surface area (Å²) in [7, 11) is 0. The minimum Gasteiger partial charge on any atom is -0.251 e. The van der Waals surface area contributed by atoms with Gasteiger partial charge in [0.05, 0.1) is 6.67 Å². The molecule has 0 N–H and O–H groups in total. The van der Waals surface area contributed by atoms with Crippen LogP contribution in [0.4, 0.5) is 4.39 Å². The topological polar surface area (TPSA) is 0 Å². The molecule has 0 amide bonds.